The lowest BCUT2D eigenvalue weighted by Crippen LogP contribution is -2.63. The van der Waals surface area contributed by atoms with Gasteiger partial charge in [-0.05, 0) is 24.1 Å². The molecule has 2 heterocycles. The minimum absolute atomic E-state index is 0.113. The van der Waals surface area contributed by atoms with Gasteiger partial charge in [-0.25, -0.2) is 0 Å². The number of hydrogen-bond donors (Lipinski definition) is 4. The van der Waals surface area contributed by atoms with Gasteiger partial charge < -0.3 is 39.4 Å². The molecule has 1 aliphatic carbocycles. The molecule has 0 unspecified atom stereocenters. The Kier molecular flexibility index (Phi) is 5.35. The second kappa shape index (κ2) is 7.10. The van der Waals surface area contributed by atoms with E-state index in [0.717, 1.165) is 0 Å². The number of hydrogen-bond acceptors (Lipinski definition) is 9. The topological polar surface area (TPSA) is 135 Å². The lowest BCUT2D eigenvalue weighted by molar-refractivity contribution is -0.385. The Bertz CT molecular complexity index is 615. The lowest BCUT2D eigenvalue weighted by atomic mass is 9.77. The van der Waals surface area contributed by atoms with Crippen LogP contribution in [0, 0.1) is 5.92 Å². The number of ketones is 1. The smallest absolute Gasteiger partial charge is 0.198 e. The van der Waals surface area contributed by atoms with Crippen LogP contribution in [0.25, 0.3) is 0 Å². The Morgan fingerprint density at radius 1 is 1.31 bits per heavy atom. The van der Waals surface area contributed by atoms with Crippen molar-refractivity contribution in [2.75, 3.05) is 13.7 Å². The van der Waals surface area contributed by atoms with E-state index in [0.29, 0.717) is 11.1 Å². The maximum atomic E-state index is 12.3. The summed E-state index contributed by atoms with van der Waals surface area (Å²) in [7, 11) is 1.40. The van der Waals surface area contributed by atoms with Gasteiger partial charge in [-0.15, -0.1) is 0 Å². The van der Waals surface area contributed by atoms with E-state index in [9.17, 15) is 25.2 Å². The van der Waals surface area contributed by atoms with Gasteiger partial charge in [0.2, 0.25) is 0 Å². The van der Waals surface area contributed by atoms with E-state index >= 15 is 0 Å². The third-order valence-electron chi connectivity index (χ3n) is 5.19. The SMILES string of the molecule is C=C1[C@H](OC)O[C@]2(O[C@@H]3O[C@H](CO)[C@@H](O)[C@H](O)[C@H]3O)C[C@H]1C(=O)C=C2C. The number of carbonyl (C=O) groups excluding carboxylic acids is 1. The molecule has 8 atom stereocenters. The summed E-state index contributed by atoms with van der Waals surface area (Å²) in [6.45, 7) is 4.92. The van der Waals surface area contributed by atoms with E-state index in [1.165, 1.54) is 13.2 Å². The molecule has 2 bridgehead atoms. The van der Waals surface area contributed by atoms with Gasteiger partial charge in [0.05, 0.1) is 12.5 Å². The van der Waals surface area contributed by atoms with Gasteiger partial charge in [0.15, 0.2) is 24.2 Å². The molecular weight excluding hydrogens is 348 g/mol. The summed E-state index contributed by atoms with van der Waals surface area (Å²) in [6, 6.07) is 0. The Morgan fingerprint density at radius 2 is 2.00 bits per heavy atom. The van der Waals surface area contributed by atoms with Gasteiger partial charge >= 0.3 is 0 Å². The minimum atomic E-state index is -1.58. The third-order valence-corrected chi connectivity index (χ3v) is 5.19. The molecular formula is C17H24O9. The molecule has 2 saturated heterocycles. The fourth-order valence-corrected chi connectivity index (χ4v) is 3.54. The van der Waals surface area contributed by atoms with Crippen molar-refractivity contribution in [2.24, 2.45) is 5.92 Å². The zero-order chi connectivity index (χ0) is 19.2. The molecule has 0 amide bonds. The number of carbonyl (C=O) groups is 1. The molecule has 146 valence electrons. The first-order valence-electron chi connectivity index (χ1n) is 8.34. The van der Waals surface area contributed by atoms with Crippen molar-refractivity contribution in [1.82, 2.24) is 0 Å². The minimum Gasteiger partial charge on any atom is -0.394 e. The van der Waals surface area contributed by atoms with Crippen molar-refractivity contribution in [3.05, 3.63) is 23.8 Å². The molecule has 9 nitrogen and oxygen atoms in total. The van der Waals surface area contributed by atoms with Crippen molar-refractivity contribution >= 4 is 5.78 Å². The molecule has 2 aliphatic heterocycles. The molecule has 0 saturated carbocycles. The fraction of sp³-hybridized carbons (Fsp3) is 0.706. The van der Waals surface area contributed by atoms with Crippen molar-refractivity contribution in [3.8, 4) is 0 Å². The summed E-state index contributed by atoms with van der Waals surface area (Å²) in [5.74, 6) is -2.16. The molecule has 26 heavy (non-hydrogen) atoms. The summed E-state index contributed by atoms with van der Waals surface area (Å²) in [4.78, 5) is 12.3. The van der Waals surface area contributed by atoms with E-state index < -0.39 is 55.3 Å². The lowest BCUT2D eigenvalue weighted by Gasteiger charge is -2.50. The molecule has 3 rings (SSSR count). The van der Waals surface area contributed by atoms with E-state index in [4.69, 9.17) is 18.9 Å². The maximum Gasteiger partial charge on any atom is 0.198 e. The molecule has 0 radical (unpaired) electrons. The first kappa shape index (κ1) is 19.6. The zero-order valence-corrected chi connectivity index (χ0v) is 14.6. The number of allylic oxidation sites excluding steroid dienone is 1. The number of rotatable bonds is 4. The maximum absolute atomic E-state index is 12.3. The van der Waals surface area contributed by atoms with Crippen molar-refractivity contribution in [2.45, 2.75) is 56.1 Å². The summed E-state index contributed by atoms with van der Waals surface area (Å²) in [6.07, 6.45) is -6.57. The largest absolute Gasteiger partial charge is 0.394 e. The summed E-state index contributed by atoms with van der Waals surface area (Å²) in [5, 5.41) is 39.4. The standard InChI is InChI=1S/C17H24O9/c1-7-4-10(19)9-5-17(7,25-15(23-3)8(9)2)26-16-14(22)13(21)12(20)11(6-18)24-16/h4,9,11-16,18,20-22H,2,5-6H2,1,3H3/t9-,11-,12-,13+,14-,15-,16+,17+/m1/s1. The third kappa shape index (κ3) is 3.04. The Balaban J connectivity index is 1.90. The summed E-state index contributed by atoms with van der Waals surface area (Å²) < 4.78 is 22.4. The quantitative estimate of drug-likeness (QED) is 0.439. The van der Waals surface area contributed by atoms with E-state index in [1.54, 1.807) is 6.92 Å². The summed E-state index contributed by atoms with van der Waals surface area (Å²) >= 11 is 0. The Morgan fingerprint density at radius 3 is 2.62 bits per heavy atom. The fourth-order valence-electron chi connectivity index (χ4n) is 3.54. The number of fused-ring (bicyclic) bond motifs is 2. The number of aliphatic hydroxyl groups is 4. The van der Waals surface area contributed by atoms with Crippen molar-refractivity contribution < 1.29 is 44.2 Å². The molecule has 0 aromatic carbocycles. The highest BCUT2D eigenvalue weighted by Crippen LogP contribution is 2.46. The first-order valence-corrected chi connectivity index (χ1v) is 8.34. The highest BCUT2D eigenvalue weighted by atomic mass is 16.8. The van der Waals surface area contributed by atoms with Gasteiger partial charge in [-0.2, -0.15) is 0 Å². The predicted molar refractivity (Wildman–Crippen MR) is 85.5 cm³/mol. The predicted octanol–water partition coefficient (Wildman–Crippen LogP) is -1.41. The molecule has 0 spiro atoms. The van der Waals surface area contributed by atoms with Crippen LogP contribution in [-0.2, 0) is 23.7 Å². The van der Waals surface area contributed by atoms with Crippen LogP contribution in [0.3, 0.4) is 0 Å². The van der Waals surface area contributed by atoms with E-state index in [1.807, 2.05) is 0 Å². The average Bonchev–Trinajstić information content (AvgIpc) is 2.62. The highest BCUT2D eigenvalue weighted by Gasteiger charge is 2.55. The van der Waals surface area contributed by atoms with Crippen LogP contribution in [0.5, 0.6) is 0 Å². The first-order chi connectivity index (χ1) is 12.2. The van der Waals surface area contributed by atoms with Crippen LogP contribution in [0.15, 0.2) is 23.8 Å². The number of ether oxygens (including phenoxy) is 4. The average molecular weight is 372 g/mol. The second-order valence-electron chi connectivity index (χ2n) is 6.81. The van der Waals surface area contributed by atoms with Crippen molar-refractivity contribution in [3.63, 3.8) is 0 Å². The van der Waals surface area contributed by atoms with Crippen LogP contribution in [0.1, 0.15) is 13.3 Å². The molecule has 9 heteroatoms. The van der Waals surface area contributed by atoms with Crippen LogP contribution in [0.4, 0.5) is 0 Å². The highest BCUT2D eigenvalue weighted by molar-refractivity contribution is 5.96. The van der Waals surface area contributed by atoms with Crippen LogP contribution < -0.4 is 0 Å². The Labute approximate surface area is 150 Å². The van der Waals surface area contributed by atoms with Gasteiger partial charge in [-0.3, -0.25) is 4.79 Å². The van der Waals surface area contributed by atoms with Crippen molar-refractivity contribution in [1.29, 1.82) is 0 Å². The Hall–Kier alpha value is -1.17. The van der Waals surface area contributed by atoms with Gasteiger partial charge in [0.1, 0.15) is 24.4 Å². The van der Waals surface area contributed by atoms with E-state index in [-0.39, 0.29) is 12.2 Å². The molecule has 4 N–H and O–H groups in total. The van der Waals surface area contributed by atoms with Crippen LogP contribution in [-0.4, -0.2) is 82.7 Å². The molecule has 3 aliphatic rings. The zero-order valence-electron chi connectivity index (χ0n) is 14.6. The molecule has 2 fully saturated rings. The van der Waals surface area contributed by atoms with Gasteiger partial charge in [0.25, 0.3) is 0 Å². The second-order valence-corrected chi connectivity index (χ2v) is 6.81. The van der Waals surface area contributed by atoms with Crippen LogP contribution in [0.2, 0.25) is 0 Å². The van der Waals surface area contributed by atoms with Gasteiger partial charge in [0, 0.05) is 13.5 Å². The number of aliphatic hydroxyl groups excluding tert-OH is 4. The molecule has 0 aromatic heterocycles. The van der Waals surface area contributed by atoms with Gasteiger partial charge in [-0.1, -0.05) is 6.58 Å². The normalized spacial score (nSPS) is 46.2. The molecule has 0 aromatic rings. The van der Waals surface area contributed by atoms with E-state index in [2.05, 4.69) is 6.58 Å². The number of methoxy groups -OCH3 is 1. The summed E-state index contributed by atoms with van der Waals surface area (Å²) in [5.41, 5.74) is 0.916. The monoisotopic (exact) mass is 372 g/mol. The van der Waals surface area contributed by atoms with Crippen LogP contribution >= 0.6 is 0 Å².